The fraction of sp³-hybridized carbons (Fsp3) is 0.333. The Labute approximate surface area is 86.2 Å². The van der Waals surface area contributed by atoms with E-state index in [9.17, 15) is 4.79 Å². The second kappa shape index (κ2) is 5.28. The van der Waals surface area contributed by atoms with Gasteiger partial charge in [0.2, 0.25) is 0 Å². The van der Waals surface area contributed by atoms with Gasteiger partial charge in [0.15, 0.2) is 5.69 Å². The molecule has 4 N–H and O–H groups in total. The van der Waals surface area contributed by atoms with Crippen LogP contribution in [-0.4, -0.2) is 45.5 Å². The number of nitrogens with zero attached hydrogens (tertiary/aromatic N) is 1. The Hall–Kier alpha value is -1.66. The average Bonchev–Trinajstić information content (AvgIpc) is 2.26. The number of aromatic nitrogens is 1. The highest BCUT2D eigenvalue weighted by Crippen LogP contribution is 2.04. The van der Waals surface area contributed by atoms with Crippen LogP contribution in [-0.2, 0) is 0 Å². The van der Waals surface area contributed by atoms with E-state index in [1.807, 2.05) is 0 Å². The van der Waals surface area contributed by atoms with Crippen LogP contribution in [0.25, 0.3) is 0 Å². The van der Waals surface area contributed by atoms with Gasteiger partial charge in [0.05, 0.1) is 12.7 Å². The molecule has 1 unspecified atom stereocenters. The van der Waals surface area contributed by atoms with E-state index in [2.05, 4.69) is 10.3 Å². The van der Waals surface area contributed by atoms with Crippen LogP contribution < -0.4 is 5.32 Å². The van der Waals surface area contributed by atoms with E-state index in [1.54, 1.807) is 12.1 Å². The molecule has 1 heterocycles. The van der Waals surface area contributed by atoms with E-state index in [0.717, 1.165) is 0 Å². The number of rotatable bonds is 5. The van der Waals surface area contributed by atoms with Gasteiger partial charge in [-0.25, -0.2) is 9.78 Å². The van der Waals surface area contributed by atoms with Gasteiger partial charge in [0.25, 0.3) is 0 Å². The second-order valence-electron chi connectivity index (χ2n) is 2.93. The minimum absolute atomic E-state index is 0.0708. The number of carboxylic acids is 1. The molecule has 0 fully saturated rings. The van der Waals surface area contributed by atoms with E-state index >= 15 is 0 Å². The average molecular weight is 212 g/mol. The van der Waals surface area contributed by atoms with Crippen LogP contribution in [0.5, 0.6) is 0 Å². The third kappa shape index (κ3) is 3.53. The van der Waals surface area contributed by atoms with Gasteiger partial charge < -0.3 is 20.6 Å². The predicted molar refractivity (Wildman–Crippen MR) is 52.8 cm³/mol. The molecular formula is C9H12N2O4. The van der Waals surface area contributed by atoms with Crippen molar-refractivity contribution in [1.29, 1.82) is 0 Å². The highest BCUT2D eigenvalue weighted by atomic mass is 16.4. The maximum Gasteiger partial charge on any atom is 0.354 e. The van der Waals surface area contributed by atoms with Gasteiger partial charge in [-0.1, -0.05) is 6.07 Å². The number of aromatic carboxylic acids is 1. The number of carboxylic acid groups (broad SMARTS) is 1. The van der Waals surface area contributed by atoms with Crippen molar-refractivity contribution in [3.63, 3.8) is 0 Å². The Balaban J connectivity index is 2.62. The molecule has 0 amide bonds. The molecular weight excluding hydrogens is 200 g/mol. The lowest BCUT2D eigenvalue weighted by atomic mass is 10.3. The Morgan fingerprint density at radius 2 is 2.27 bits per heavy atom. The maximum absolute atomic E-state index is 10.6. The summed E-state index contributed by atoms with van der Waals surface area (Å²) >= 11 is 0. The van der Waals surface area contributed by atoms with Gasteiger partial charge >= 0.3 is 5.97 Å². The molecule has 0 bridgehead atoms. The lowest BCUT2D eigenvalue weighted by Crippen LogP contribution is -2.23. The Bertz CT molecular complexity index is 343. The molecule has 6 nitrogen and oxygen atoms in total. The lowest BCUT2D eigenvalue weighted by molar-refractivity contribution is 0.0690. The van der Waals surface area contributed by atoms with Crippen LogP contribution in [0.3, 0.4) is 0 Å². The van der Waals surface area contributed by atoms with Crippen LogP contribution in [0.1, 0.15) is 10.5 Å². The van der Waals surface area contributed by atoms with E-state index in [4.69, 9.17) is 15.3 Å². The van der Waals surface area contributed by atoms with E-state index in [-0.39, 0.29) is 18.8 Å². The molecule has 0 spiro atoms. The Morgan fingerprint density at radius 3 is 2.87 bits per heavy atom. The molecule has 1 rings (SSSR count). The summed E-state index contributed by atoms with van der Waals surface area (Å²) in [6, 6.07) is 4.50. The van der Waals surface area contributed by atoms with Crippen molar-refractivity contribution in [3.8, 4) is 0 Å². The van der Waals surface area contributed by atoms with Crippen LogP contribution in [0.2, 0.25) is 0 Å². The molecule has 0 saturated carbocycles. The predicted octanol–water partition coefficient (Wildman–Crippen LogP) is -0.455. The quantitative estimate of drug-likeness (QED) is 0.527. The SMILES string of the molecule is O=C(O)c1cccc(NCC(O)CO)n1. The monoisotopic (exact) mass is 212 g/mol. The first kappa shape index (κ1) is 11.4. The summed E-state index contributed by atoms with van der Waals surface area (Å²) in [6.45, 7) is -0.238. The first-order valence-electron chi connectivity index (χ1n) is 4.36. The maximum atomic E-state index is 10.6. The number of aliphatic hydroxyl groups is 2. The molecule has 0 radical (unpaired) electrons. The van der Waals surface area contributed by atoms with E-state index < -0.39 is 12.1 Å². The Morgan fingerprint density at radius 1 is 1.53 bits per heavy atom. The van der Waals surface area contributed by atoms with Crippen LogP contribution in [0.4, 0.5) is 5.82 Å². The van der Waals surface area contributed by atoms with E-state index in [0.29, 0.717) is 5.82 Å². The molecule has 6 heteroatoms. The van der Waals surface area contributed by atoms with Crippen LogP contribution >= 0.6 is 0 Å². The number of pyridine rings is 1. The van der Waals surface area contributed by atoms with Crippen molar-refractivity contribution in [2.75, 3.05) is 18.5 Å². The standard InChI is InChI=1S/C9H12N2O4/c12-5-6(13)4-10-8-3-1-2-7(11-8)9(14)15/h1-3,6,12-13H,4-5H2,(H,10,11)(H,14,15). The van der Waals surface area contributed by atoms with Crippen molar-refractivity contribution >= 4 is 11.8 Å². The molecule has 1 aromatic rings. The zero-order valence-electron chi connectivity index (χ0n) is 7.92. The summed E-state index contributed by atoms with van der Waals surface area (Å²) in [7, 11) is 0. The Kier molecular flexibility index (Phi) is 4.02. The smallest absolute Gasteiger partial charge is 0.354 e. The minimum Gasteiger partial charge on any atom is -0.477 e. The van der Waals surface area contributed by atoms with Crippen molar-refractivity contribution < 1.29 is 20.1 Å². The van der Waals surface area contributed by atoms with Gasteiger partial charge in [0, 0.05) is 6.54 Å². The summed E-state index contributed by atoms with van der Waals surface area (Å²) in [4.78, 5) is 14.3. The summed E-state index contributed by atoms with van der Waals surface area (Å²) in [5.74, 6) is -0.760. The topological polar surface area (TPSA) is 103 Å². The third-order valence-electron chi connectivity index (χ3n) is 1.70. The molecule has 0 saturated heterocycles. The minimum atomic E-state index is -1.11. The molecule has 1 aromatic heterocycles. The van der Waals surface area contributed by atoms with E-state index in [1.165, 1.54) is 6.07 Å². The summed E-state index contributed by atoms with van der Waals surface area (Å²) in [5.41, 5.74) is -0.0708. The first-order valence-corrected chi connectivity index (χ1v) is 4.36. The zero-order valence-corrected chi connectivity index (χ0v) is 7.92. The summed E-state index contributed by atoms with van der Waals surface area (Å²) in [5, 5.41) is 29.0. The lowest BCUT2D eigenvalue weighted by Gasteiger charge is -2.09. The molecule has 0 aromatic carbocycles. The van der Waals surface area contributed by atoms with Gasteiger partial charge in [-0.2, -0.15) is 0 Å². The largest absolute Gasteiger partial charge is 0.477 e. The fourth-order valence-corrected chi connectivity index (χ4v) is 0.939. The number of hydrogen-bond acceptors (Lipinski definition) is 5. The third-order valence-corrected chi connectivity index (χ3v) is 1.70. The van der Waals surface area contributed by atoms with Gasteiger partial charge in [-0.05, 0) is 12.1 Å². The molecule has 0 aliphatic rings. The van der Waals surface area contributed by atoms with Crippen LogP contribution in [0, 0.1) is 0 Å². The van der Waals surface area contributed by atoms with Crippen molar-refractivity contribution in [1.82, 2.24) is 4.98 Å². The molecule has 15 heavy (non-hydrogen) atoms. The zero-order chi connectivity index (χ0) is 11.3. The molecule has 1 atom stereocenters. The van der Waals surface area contributed by atoms with Gasteiger partial charge in [-0.3, -0.25) is 0 Å². The van der Waals surface area contributed by atoms with Crippen molar-refractivity contribution in [2.45, 2.75) is 6.10 Å². The second-order valence-corrected chi connectivity index (χ2v) is 2.93. The number of hydrogen-bond donors (Lipinski definition) is 4. The number of aliphatic hydroxyl groups excluding tert-OH is 2. The van der Waals surface area contributed by atoms with Gasteiger partial charge in [0.1, 0.15) is 5.82 Å². The van der Waals surface area contributed by atoms with Crippen molar-refractivity contribution in [2.24, 2.45) is 0 Å². The number of carbonyl (C=O) groups is 1. The summed E-state index contributed by atoms with van der Waals surface area (Å²) in [6.07, 6.45) is -0.889. The first-order chi connectivity index (χ1) is 7.13. The fourth-order valence-electron chi connectivity index (χ4n) is 0.939. The molecule has 82 valence electrons. The number of nitrogens with one attached hydrogen (secondary N) is 1. The highest BCUT2D eigenvalue weighted by molar-refractivity contribution is 5.85. The normalized spacial score (nSPS) is 12.1. The van der Waals surface area contributed by atoms with Crippen LogP contribution in [0.15, 0.2) is 18.2 Å². The summed E-state index contributed by atoms with van der Waals surface area (Å²) < 4.78 is 0. The van der Waals surface area contributed by atoms with Crippen molar-refractivity contribution in [3.05, 3.63) is 23.9 Å². The molecule has 0 aliphatic carbocycles. The van der Waals surface area contributed by atoms with Gasteiger partial charge in [-0.15, -0.1) is 0 Å². The highest BCUT2D eigenvalue weighted by Gasteiger charge is 2.06. The number of anilines is 1. The molecule has 0 aliphatic heterocycles.